The molecular formula is C25H26F2N6O2S. The molecule has 188 valence electrons. The molecule has 3 heterocycles. The highest BCUT2D eigenvalue weighted by Crippen LogP contribution is 2.27. The van der Waals surface area contributed by atoms with Crippen LogP contribution < -0.4 is 4.90 Å². The Morgan fingerprint density at radius 1 is 0.917 bits per heavy atom. The third-order valence-electron chi connectivity index (χ3n) is 6.31. The summed E-state index contributed by atoms with van der Waals surface area (Å²) in [4.78, 5) is 10.2. The van der Waals surface area contributed by atoms with Crippen molar-refractivity contribution in [3.05, 3.63) is 71.9 Å². The van der Waals surface area contributed by atoms with E-state index in [9.17, 15) is 17.2 Å². The molecule has 4 aromatic rings. The Morgan fingerprint density at radius 2 is 1.61 bits per heavy atom. The van der Waals surface area contributed by atoms with Gasteiger partial charge in [-0.15, -0.1) is 5.10 Å². The number of nitrogens with zero attached hydrogens (tertiary/aromatic N) is 6. The van der Waals surface area contributed by atoms with E-state index < -0.39 is 26.6 Å². The van der Waals surface area contributed by atoms with Crippen molar-refractivity contribution in [3.8, 4) is 11.3 Å². The van der Waals surface area contributed by atoms with Crippen molar-refractivity contribution in [2.45, 2.75) is 31.1 Å². The van der Waals surface area contributed by atoms with Gasteiger partial charge in [-0.05, 0) is 29.2 Å². The van der Waals surface area contributed by atoms with Crippen molar-refractivity contribution in [1.29, 1.82) is 0 Å². The monoisotopic (exact) mass is 512 g/mol. The first kappa shape index (κ1) is 24.3. The zero-order valence-electron chi connectivity index (χ0n) is 20.2. The topological polar surface area (TPSA) is 83.7 Å². The summed E-state index contributed by atoms with van der Waals surface area (Å²) in [7, 11) is -4.09. The van der Waals surface area contributed by atoms with E-state index in [0.29, 0.717) is 30.9 Å². The van der Waals surface area contributed by atoms with Crippen molar-refractivity contribution in [2.24, 2.45) is 0 Å². The van der Waals surface area contributed by atoms with Gasteiger partial charge in [-0.1, -0.05) is 45.0 Å². The summed E-state index contributed by atoms with van der Waals surface area (Å²) in [6, 6.07) is 12.6. The van der Waals surface area contributed by atoms with E-state index in [1.165, 1.54) is 9.87 Å². The summed E-state index contributed by atoms with van der Waals surface area (Å²) < 4.78 is 56.0. The van der Waals surface area contributed by atoms with Crippen LogP contribution in [0.3, 0.4) is 0 Å². The minimum atomic E-state index is -4.09. The quantitative estimate of drug-likeness (QED) is 0.413. The Morgan fingerprint density at radius 3 is 2.25 bits per heavy atom. The summed E-state index contributed by atoms with van der Waals surface area (Å²) in [6.07, 6.45) is 1.68. The van der Waals surface area contributed by atoms with E-state index in [-0.39, 0.29) is 18.5 Å². The zero-order valence-corrected chi connectivity index (χ0v) is 21.0. The molecule has 36 heavy (non-hydrogen) atoms. The Bertz CT molecular complexity index is 1520. The molecule has 0 N–H and O–H groups in total. The molecule has 0 atom stereocenters. The van der Waals surface area contributed by atoms with Crippen molar-refractivity contribution in [3.63, 3.8) is 0 Å². The SMILES string of the molecule is CC(C)(C)c1ccc(-c2ccnc3nc(N4CCN(S(=O)(=O)c5ccc(F)cc5F)CC4)nn23)cc1. The van der Waals surface area contributed by atoms with Crippen molar-refractivity contribution < 1.29 is 17.2 Å². The number of piperazine rings is 1. The Balaban J connectivity index is 1.37. The predicted octanol–water partition coefficient (Wildman–Crippen LogP) is 3.88. The zero-order chi connectivity index (χ0) is 25.7. The number of anilines is 1. The first-order chi connectivity index (χ1) is 17.0. The van der Waals surface area contributed by atoms with E-state index in [1.54, 1.807) is 10.7 Å². The first-order valence-corrected chi connectivity index (χ1v) is 13.0. The fourth-order valence-corrected chi connectivity index (χ4v) is 5.70. The van der Waals surface area contributed by atoms with Gasteiger partial charge in [-0.25, -0.2) is 22.2 Å². The summed E-state index contributed by atoms with van der Waals surface area (Å²) in [5.41, 5.74) is 3.09. The van der Waals surface area contributed by atoms with Crippen LogP contribution in [0.2, 0.25) is 0 Å². The number of halogens is 2. The van der Waals surface area contributed by atoms with Crippen LogP contribution in [0.1, 0.15) is 26.3 Å². The molecule has 1 aliphatic rings. The van der Waals surface area contributed by atoms with Gasteiger partial charge in [0.1, 0.15) is 16.5 Å². The van der Waals surface area contributed by atoms with Crippen LogP contribution in [-0.4, -0.2) is 58.5 Å². The van der Waals surface area contributed by atoms with Crippen LogP contribution in [0.25, 0.3) is 17.0 Å². The normalized spacial score (nSPS) is 15.5. The molecule has 8 nitrogen and oxygen atoms in total. The second-order valence-corrected chi connectivity index (χ2v) is 11.7. The summed E-state index contributed by atoms with van der Waals surface area (Å²) >= 11 is 0. The molecule has 11 heteroatoms. The van der Waals surface area contributed by atoms with Gasteiger partial charge in [0, 0.05) is 44.0 Å². The van der Waals surface area contributed by atoms with Gasteiger partial charge in [-0.3, -0.25) is 0 Å². The number of fused-ring (bicyclic) bond motifs is 1. The Kier molecular flexibility index (Phi) is 6.00. The van der Waals surface area contributed by atoms with Gasteiger partial charge in [0.05, 0.1) is 5.69 Å². The fourth-order valence-electron chi connectivity index (χ4n) is 4.23. The maximum atomic E-state index is 14.1. The summed E-state index contributed by atoms with van der Waals surface area (Å²) in [6.45, 7) is 7.35. The van der Waals surface area contributed by atoms with Crippen LogP contribution in [-0.2, 0) is 15.4 Å². The molecule has 0 unspecified atom stereocenters. The highest BCUT2D eigenvalue weighted by molar-refractivity contribution is 7.89. The molecule has 0 radical (unpaired) electrons. The summed E-state index contributed by atoms with van der Waals surface area (Å²) in [5, 5.41) is 4.65. The average molecular weight is 513 g/mol. The van der Waals surface area contributed by atoms with E-state index >= 15 is 0 Å². The van der Waals surface area contributed by atoms with Gasteiger partial charge >= 0.3 is 0 Å². The second-order valence-electron chi connectivity index (χ2n) is 9.75. The number of hydrogen-bond donors (Lipinski definition) is 0. The van der Waals surface area contributed by atoms with Crippen LogP contribution in [0.15, 0.2) is 59.6 Å². The lowest BCUT2D eigenvalue weighted by atomic mass is 9.86. The Labute approximate surface area is 208 Å². The molecule has 0 aliphatic carbocycles. The van der Waals surface area contributed by atoms with Gasteiger partial charge < -0.3 is 4.90 Å². The number of sulfonamides is 1. The highest BCUT2D eigenvalue weighted by atomic mass is 32.2. The second kappa shape index (κ2) is 8.90. The molecule has 5 rings (SSSR count). The van der Waals surface area contributed by atoms with E-state index in [1.807, 2.05) is 11.0 Å². The van der Waals surface area contributed by atoms with Gasteiger partial charge in [0.25, 0.3) is 5.78 Å². The first-order valence-electron chi connectivity index (χ1n) is 11.6. The van der Waals surface area contributed by atoms with Gasteiger partial charge in [0.15, 0.2) is 0 Å². The Hall–Kier alpha value is -3.44. The smallest absolute Gasteiger partial charge is 0.254 e. The van der Waals surface area contributed by atoms with E-state index in [0.717, 1.165) is 23.4 Å². The van der Waals surface area contributed by atoms with Crippen LogP contribution in [0.4, 0.5) is 14.7 Å². The molecule has 0 amide bonds. The van der Waals surface area contributed by atoms with Crippen molar-refractivity contribution in [1.82, 2.24) is 23.9 Å². The maximum absolute atomic E-state index is 14.1. The minimum Gasteiger partial charge on any atom is -0.337 e. The molecular weight excluding hydrogens is 486 g/mol. The lowest BCUT2D eigenvalue weighted by Crippen LogP contribution is -2.49. The standard InChI is InChI=1S/C25H26F2N6O2S/c1-25(2,3)18-6-4-17(5-7-18)21-10-11-28-23-29-24(30-33(21)23)31-12-14-32(15-13-31)36(34,35)22-9-8-19(26)16-20(22)27/h4-11,16H,12-15H2,1-3H3. The largest absolute Gasteiger partial charge is 0.337 e. The predicted molar refractivity (Wildman–Crippen MR) is 132 cm³/mol. The molecule has 1 fully saturated rings. The minimum absolute atomic E-state index is 0.0462. The third-order valence-corrected chi connectivity index (χ3v) is 8.24. The van der Waals surface area contributed by atoms with Crippen LogP contribution >= 0.6 is 0 Å². The fraction of sp³-hybridized carbons (Fsp3) is 0.320. The van der Waals surface area contributed by atoms with E-state index in [2.05, 4.69) is 60.1 Å². The molecule has 1 saturated heterocycles. The lowest BCUT2D eigenvalue weighted by molar-refractivity contribution is 0.380. The van der Waals surface area contributed by atoms with Crippen LogP contribution in [0.5, 0.6) is 0 Å². The number of benzene rings is 2. The number of rotatable bonds is 4. The van der Waals surface area contributed by atoms with Crippen LogP contribution in [0, 0.1) is 11.6 Å². The molecule has 1 aliphatic heterocycles. The molecule has 0 spiro atoms. The highest BCUT2D eigenvalue weighted by Gasteiger charge is 2.32. The van der Waals surface area contributed by atoms with Gasteiger partial charge in [0.2, 0.25) is 16.0 Å². The van der Waals surface area contributed by atoms with Crippen molar-refractivity contribution in [2.75, 3.05) is 31.1 Å². The van der Waals surface area contributed by atoms with Crippen molar-refractivity contribution >= 4 is 21.7 Å². The maximum Gasteiger partial charge on any atom is 0.254 e. The molecule has 2 aromatic heterocycles. The average Bonchev–Trinajstić information content (AvgIpc) is 3.28. The molecule has 0 bridgehead atoms. The third kappa shape index (κ3) is 4.44. The summed E-state index contributed by atoms with van der Waals surface area (Å²) in [5.74, 6) is -1.06. The number of hydrogen-bond acceptors (Lipinski definition) is 6. The van der Waals surface area contributed by atoms with Gasteiger partial charge in [-0.2, -0.15) is 13.8 Å². The van der Waals surface area contributed by atoms with E-state index in [4.69, 9.17) is 0 Å². The number of aromatic nitrogens is 4. The molecule has 0 saturated carbocycles. The lowest BCUT2D eigenvalue weighted by Gasteiger charge is -2.33. The molecule has 2 aromatic carbocycles.